The van der Waals surface area contributed by atoms with Crippen molar-refractivity contribution in [3.8, 4) is 0 Å². The molecule has 1 amide bonds. The van der Waals surface area contributed by atoms with Crippen LogP contribution >= 0.6 is 11.6 Å². The maximum atomic E-state index is 12.1. The standard InChI is InChI=1S/C9H4ClF3N2O5/c10-4-1-3(7(16)17)2-5(15(19)20)6(4)14-8(18)9(11,12)13/h1-2H,(H,14,18)(H,16,17). The fraction of sp³-hybridized carbons (Fsp3) is 0.111. The molecular formula is C9H4ClF3N2O5. The number of carbonyl (C=O) groups is 2. The first-order chi connectivity index (χ1) is 9.04. The highest BCUT2D eigenvalue weighted by Gasteiger charge is 2.40. The lowest BCUT2D eigenvalue weighted by Gasteiger charge is -2.10. The summed E-state index contributed by atoms with van der Waals surface area (Å²) in [6, 6.07) is 1.17. The van der Waals surface area contributed by atoms with Gasteiger partial charge in [-0.15, -0.1) is 0 Å². The van der Waals surface area contributed by atoms with Crippen molar-refractivity contribution >= 4 is 34.9 Å². The molecule has 0 fully saturated rings. The third kappa shape index (κ3) is 3.35. The van der Waals surface area contributed by atoms with E-state index in [1.54, 1.807) is 0 Å². The lowest BCUT2D eigenvalue weighted by atomic mass is 10.1. The average molecular weight is 313 g/mol. The van der Waals surface area contributed by atoms with Gasteiger partial charge in [0.05, 0.1) is 15.5 Å². The number of rotatable bonds is 3. The Bertz CT molecular complexity index is 602. The molecular weight excluding hydrogens is 309 g/mol. The number of carboxylic acid groups (broad SMARTS) is 1. The lowest BCUT2D eigenvalue weighted by Crippen LogP contribution is -2.30. The monoisotopic (exact) mass is 312 g/mol. The summed E-state index contributed by atoms with van der Waals surface area (Å²) in [7, 11) is 0. The minimum atomic E-state index is -5.28. The first kappa shape index (κ1) is 15.7. The highest BCUT2D eigenvalue weighted by Crippen LogP contribution is 2.35. The molecule has 0 aromatic heterocycles. The van der Waals surface area contributed by atoms with Gasteiger partial charge in [0.2, 0.25) is 0 Å². The Hall–Kier alpha value is -2.36. The topological polar surface area (TPSA) is 110 Å². The number of nitrogens with zero attached hydrogens (tertiary/aromatic N) is 1. The Kier molecular flexibility index (Phi) is 4.18. The number of hydrogen-bond donors (Lipinski definition) is 2. The molecule has 0 aliphatic heterocycles. The third-order valence-corrected chi connectivity index (χ3v) is 2.31. The van der Waals surface area contributed by atoms with Crippen molar-refractivity contribution in [2.75, 3.05) is 5.32 Å². The maximum Gasteiger partial charge on any atom is 0.471 e. The number of alkyl halides is 3. The predicted octanol–water partition coefficient (Wildman–Crippen LogP) is 2.45. The highest BCUT2D eigenvalue weighted by atomic mass is 35.5. The van der Waals surface area contributed by atoms with Crippen LogP contribution < -0.4 is 5.32 Å². The molecule has 0 aliphatic carbocycles. The fourth-order valence-electron chi connectivity index (χ4n) is 1.17. The summed E-state index contributed by atoms with van der Waals surface area (Å²) < 4.78 is 36.3. The molecule has 1 aromatic rings. The second kappa shape index (κ2) is 5.33. The van der Waals surface area contributed by atoms with Gasteiger partial charge in [-0.05, 0) is 6.07 Å². The first-order valence-corrected chi connectivity index (χ1v) is 5.01. The second-order valence-corrected chi connectivity index (χ2v) is 3.77. The zero-order valence-electron chi connectivity index (χ0n) is 9.19. The lowest BCUT2D eigenvalue weighted by molar-refractivity contribution is -0.384. The van der Waals surface area contributed by atoms with Gasteiger partial charge >= 0.3 is 18.1 Å². The Balaban J connectivity index is 3.36. The van der Waals surface area contributed by atoms with Gasteiger partial charge < -0.3 is 10.4 Å². The minimum absolute atomic E-state index is 0.486. The van der Waals surface area contributed by atoms with Crippen molar-refractivity contribution in [2.45, 2.75) is 6.18 Å². The summed E-state index contributed by atoms with van der Waals surface area (Å²) in [6.07, 6.45) is -5.28. The molecule has 0 saturated heterocycles. The fourth-order valence-corrected chi connectivity index (χ4v) is 1.43. The minimum Gasteiger partial charge on any atom is -0.478 e. The van der Waals surface area contributed by atoms with Gasteiger partial charge in [0.15, 0.2) is 0 Å². The molecule has 0 spiro atoms. The summed E-state index contributed by atoms with van der Waals surface area (Å²) in [5.41, 5.74) is -2.59. The van der Waals surface area contributed by atoms with Crippen LogP contribution in [0.15, 0.2) is 12.1 Å². The number of amides is 1. The molecule has 7 nitrogen and oxygen atoms in total. The number of aromatic carboxylic acids is 1. The van der Waals surface area contributed by atoms with Crippen molar-refractivity contribution in [2.24, 2.45) is 0 Å². The SMILES string of the molecule is O=C(O)c1cc(Cl)c(NC(=O)C(F)(F)F)c([N+](=O)[O-])c1. The van der Waals surface area contributed by atoms with E-state index in [0.29, 0.717) is 12.1 Å². The number of carbonyl (C=O) groups excluding carboxylic acids is 1. The van der Waals surface area contributed by atoms with E-state index < -0.39 is 44.9 Å². The summed E-state index contributed by atoms with van der Waals surface area (Å²) in [6.45, 7) is 0. The van der Waals surface area contributed by atoms with Crippen molar-refractivity contribution in [1.82, 2.24) is 0 Å². The Labute approximate surface area is 113 Å². The molecule has 2 N–H and O–H groups in total. The maximum absolute atomic E-state index is 12.1. The smallest absolute Gasteiger partial charge is 0.471 e. The van der Waals surface area contributed by atoms with E-state index >= 15 is 0 Å². The number of benzene rings is 1. The van der Waals surface area contributed by atoms with Crippen LogP contribution in [0.4, 0.5) is 24.5 Å². The van der Waals surface area contributed by atoms with E-state index in [9.17, 15) is 32.9 Å². The normalized spacial score (nSPS) is 11.0. The van der Waals surface area contributed by atoms with Gasteiger partial charge in [-0.3, -0.25) is 14.9 Å². The van der Waals surface area contributed by atoms with E-state index in [2.05, 4.69) is 0 Å². The van der Waals surface area contributed by atoms with E-state index in [0.717, 1.165) is 0 Å². The number of carboxylic acids is 1. The van der Waals surface area contributed by atoms with Crippen molar-refractivity contribution in [3.05, 3.63) is 32.8 Å². The molecule has 1 rings (SSSR count). The van der Waals surface area contributed by atoms with Gasteiger partial charge in [-0.1, -0.05) is 11.6 Å². The molecule has 0 saturated carbocycles. The first-order valence-electron chi connectivity index (χ1n) is 4.63. The summed E-state index contributed by atoms with van der Waals surface area (Å²) in [5.74, 6) is -4.03. The Morgan fingerprint density at radius 1 is 1.35 bits per heavy atom. The van der Waals surface area contributed by atoms with Crippen molar-refractivity contribution < 1.29 is 32.8 Å². The van der Waals surface area contributed by atoms with Gasteiger partial charge in [-0.25, -0.2) is 4.79 Å². The summed E-state index contributed by atoms with van der Waals surface area (Å²) in [5, 5.41) is 19.9. The zero-order valence-corrected chi connectivity index (χ0v) is 9.95. The van der Waals surface area contributed by atoms with Crippen LogP contribution in [0.1, 0.15) is 10.4 Å². The number of nitro benzene ring substituents is 1. The van der Waals surface area contributed by atoms with Crippen molar-refractivity contribution in [1.29, 1.82) is 0 Å². The van der Waals surface area contributed by atoms with Gasteiger partial charge in [0.25, 0.3) is 5.69 Å². The van der Waals surface area contributed by atoms with E-state index in [1.807, 2.05) is 0 Å². The van der Waals surface area contributed by atoms with Crippen LogP contribution in [0.5, 0.6) is 0 Å². The quantitative estimate of drug-likeness (QED) is 0.658. The largest absolute Gasteiger partial charge is 0.478 e. The molecule has 0 bridgehead atoms. The Morgan fingerprint density at radius 3 is 2.30 bits per heavy atom. The van der Waals surface area contributed by atoms with Crippen LogP contribution in [-0.2, 0) is 4.79 Å². The van der Waals surface area contributed by atoms with Crippen LogP contribution in [0.3, 0.4) is 0 Å². The number of anilines is 1. The molecule has 0 heterocycles. The number of hydrogen-bond acceptors (Lipinski definition) is 4. The molecule has 1 aromatic carbocycles. The van der Waals surface area contributed by atoms with Crippen LogP contribution in [0.25, 0.3) is 0 Å². The third-order valence-electron chi connectivity index (χ3n) is 2.01. The summed E-state index contributed by atoms with van der Waals surface area (Å²) >= 11 is 5.47. The molecule has 0 aliphatic rings. The number of nitrogens with one attached hydrogen (secondary N) is 1. The van der Waals surface area contributed by atoms with Gasteiger partial charge in [-0.2, -0.15) is 13.2 Å². The van der Waals surface area contributed by atoms with E-state index in [4.69, 9.17) is 16.7 Å². The van der Waals surface area contributed by atoms with Gasteiger partial charge in [0, 0.05) is 6.07 Å². The van der Waals surface area contributed by atoms with Gasteiger partial charge in [0.1, 0.15) is 5.69 Å². The van der Waals surface area contributed by atoms with Crippen LogP contribution in [-0.4, -0.2) is 28.1 Å². The number of halogens is 4. The average Bonchev–Trinajstić information content (AvgIpc) is 2.29. The molecule has 0 radical (unpaired) electrons. The molecule has 108 valence electrons. The van der Waals surface area contributed by atoms with Crippen molar-refractivity contribution in [3.63, 3.8) is 0 Å². The molecule has 20 heavy (non-hydrogen) atoms. The van der Waals surface area contributed by atoms with Crippen LogP contribution in [0.2, 0.25) is 5.02 Å². The van der Waals surface area contributed by atoms with E-state index in [1.165, 1.54) is 5.32 Å². The highest BCUT2D eigenvalue weighted by molar-refractivity contribution is 6.34. The van der Waals surface area contributed by atoms with Crippen LogP contribution in [0, 0.1) is 10.1 Å². The second-order valence-electron chi connectivity index (χ2n) is 3.37. The molecule has 11 heteroatoms. The zero-order chi connectivity index (χ0) is 15.7. The summed E-state index contributed by atoms with van der Waals surface area (Å²) in [4.78, 5) is 31.0. The predicted molar refractivity (Wildman–Crippen MR) is 59.8 cm³/mol. The van der Waals surface area contributed by atoms with E-state index in [-0.39, 0.29) is 0 Å². The Morgan fingerprint density at radius 2 is 1.90 bits per heavy atom. The molecule has 0 atom stereocenters. The molecule has 0 unspecified atom stereocenters. The number of nitro groups is 1.